The first-order chi connectivity index (χ1) is 7.86. The predicted molar refractivity (Wildman–Crippen MR) is 68.9 cm³/mol. The van der Waals surface area contributed by atoms with Crippen LogP contribution >= 0.6 is 0 Å². The topological polar surface area (TPSA) is 12.4 Å². The molecule has 0 N–H and O–H groups in total. The summed E-state index contributed by atoms with van der Waals surface area (Å²) in [5.74, 6) is 0. The Morgan fingerprint density at radius 3 is 2.06 bits per heavy atom. The Kier molecular flexibility index (Phi) is 3.92. The first-order valence-electron chi connectivity index (χ1n) is 5.17. The van der Waals surface area contributed by atoms with Gasteiger partial charge in [0.15, 0.2) is 0 Å². The molecule has 0 aromatic heterocycles. The van der Waals surface area contributed by atoms with Crippen LogP contribution in [0.4, 0.5) is 0 Å². The Morgan fingerprint density at radius 2 is 1.44 bits per heavy atom. The number of nitrogens with zero attached hydrogens (tertiary/aromatic N) is 1. The first kappa shape index (κ1) is 11.1. The molecule has 2 aromatic carbocycles. The van der Waals surface area contributed by atoms with Crippen molar-refractivity contribution in [1.29, 1.82) is 0 Å². The van der Waals surface area contributed by atoms with Crippen molar-refractivity contribution < 1.29 is 0 Å². The number of rotatable bonds is 3. The average molecular weight is 273 g/mol. The van der Waals surface area contributed by atoms with E-state index in [0.29, 0.717) is 0 Å². The van der Waals surface area contributed by atoms with E-state index in [4.69, 9.17) is 0 Å². The fourth-order valence-corrected chi connectivity index (χ4v) is 1.84. The van der Waals surface area contributed by atoms with Crippen molar-refractivity contribution in [3.8, 4) is 0 Å². The van der Waals surface area contributed by atoms with Crippen LogP contribution in [-0.4, -0.2) is 20.6 Å². The van der Waals surface area contributed by atoms with E-state index in [2.05, 4.69) is 45.3 Å². The van der Waals surface area contributed by atoms with Gasteiger partial charge in [-0.25, -0.2) is 0 Å². The second kappa shape index (κ2) is 5.64. The van der Waals surface area contributed by atoms with Gasteiger partial charge >= 0.3 is 104 Å². The van der Waals surface area contributed by atoms with Gasteiger partial charge in [-0.2, -0.15) is 0 Å². The third kappa shape index (κ3) is 3.06. The summed E-state index contributed by atoms with van der Waals surface area (Å²) >= 11 is 3.01. The van der Waals surface area contributed by atoms with E-state index in [1.807, 2.05) is 36.4 Å². The monoisotopic (exact) mass is 274 g/mol. The first-order valence-corrected chi connectivity index (χ1v) is 6.03. The van der Waals surface area contributed by atoms with E-state index in [9.17, 15) is 0 Å². The molecule has 0 spiro atoms. The summed E-state index contributed by atoms with van der Waals surface area (Å²) in [4.78, 5) is 4.53. The molecule has 0 aliphatic rings. The van der Waals surface area contributed by atoms with Gasteiger partial charge in [-0.05, 0) is 0 Å². The van der Waals surface area contributed by atoms with Crippen LogP contribution in [0.5, 0.6) is 0 Å². The van der Waals surface area contributed by atoms with Crippen molar-refractivity contribution in [3.63, 3.8) is 0 Å². The number of hydrogen-bond acceptors (Lipinski definition) is 1. The molecular weight excluding hydrogens is 261 g/mol. The minimum absolute atomic E-state index is 0.720. The van der Waals surface area contributed by atoms with Crippen molar-refractivity contribution in [1.82, 2.24) is 0 Å². The summed E-state index contributed by atoms with van der Waals surface area (Å²) in [6.07, 6.45) is 0. The molecule has 0 atom stereocenters. The van der Waals surface area contributed by atoms with Gasteiger partial charge in [0.25, 0.3) is 0 Å². The molecule has 16 heavy (non-hydrogen) atoms. The molecule has 0 fully saturated rings. The van der Waals surface area contributed by atoms with E-state index in [1.54, 1.807) is 0 Å². The molecule has 0 saturated carbocycles. The molecule has 0 bridgehead atoms. The van der Waals surface area contributed by atoms with E-state index in [0.717, 1.165) is 16.7 Å². The predicted octanol–water partition coefficient (Wildman–Crippen LogP) is 2.80. The van der Waals surface area contributed by atoms with Crippen LogP contribution in [0, 0.1) is 0 Å². The number of benzene rings is 2. The van der Waals surface area contributed by atoms with Gasteiger partial charge in [0.1, 0.15) is 0 Å². The maximum absolute atomic E-state index is 4.53. The van der Waals surface area contributed by atoms with Crippen LogP contribution in [0.1, 0.15) is 11.1 Å². The molecule has 0 amide bonds. The summed E-state index contributed by atoms with van der Waals surface area (Å²) in [6, 6.07) is 20.4. The van der Waals surface area contributed by atoms with E-state index in [1.165, 1.54) is 5.56 Å². The molecule has 79 valence electrons. The van der Waals surface area contributed by atoms with Gasteiger partial charge in [0.05, 0.1) is 0 Å². The van der Waals surface area contributed by atoms with Crippen molar-refractivity contribution in [2.75, 3.05) is 0 Å². The molecule has 0 aliphatic carbocycles. The Morgan fingerprint density at radius 1 is 0.875 bits per heavy atom. The number of aliphatic imine (C=N–C) groups is 1. The Hall–Kier alpha value is -1.37. The molecule has 0 aliphatic heterocycles. The molecule has 1 nitrogen and oxygen atoms in total. The Balaban J connectivity index is 2.09. The molecule has 1 radical (unpaired) electrons. The second-order valence-corrected chi connectivity index (χ2v) is 4.28. The molecule has 2 aromatic rings. The molecule has 2 rings (SSSR count). The molecule has 2 heteroatoms. The van der Waals surface area contributed by atoms with Gasteiger partial charge in [-0.1, -0.05) is 0 Å². The third-order valence-electron chi connectivity index (χ3n) is 2.27. The van der Waals surface area contributed by atoms with Crippen molar-refractivity contribution >= 4 is 20.6 Å². The summed E-state index contributed by atoms with van der Waals surface area (Å²) in [5.41, 5.74) is 2.37. The van der Waals surface area contributed by atoms with Gasteiger partial charge in [-0.3, -0.25) is 0 Å². The Labute approximate surface area is 104 Å². The van der Waals surface area contributed by atoms with Crippen LogP contribution in [0.3, 0.4) is 0 Å². The molecular formula is C14H12NSe. The summed E-state index contributed by atoms with van der Waals surface area (Å²) in [7, 11) is 0. The van der Waals surface area contributed by atoms with E-state index >= 15 is 0 Å². The van der Waals surface area contributed by atoms with Crippen LogP contribution in [0.25, 0.3) is 0 Å². The summed E-state index contributed by atoms with van der Waals surface area (Å²) in [6.45, 7) is 0.720. The van der Waals surface area contributed by atoms with Gasteiger partial charge < -0.3 is 0 Å². The zero-order valence-electron chi connectivity index (χ0n) is 8.84. The fraction of sp³-hybridized carbons (Fsp3) is 0.0714. The van der Waals surface area contributed by atoms with Crippen molar-refractivity contribution in [2.45, 2.75) is 6.54 Å². The normalized spacial score (nSPS) is 11.4. The van der Waals surface area contributed by atoms with Crippen LogP contribution in [0.15, 0.2) is 65.7 Å². The number of hydrogen-bond donors (Lipinski definition) is 0. The zero-order chi connectivity index (χ0) is 11.2. The molecule has 0 heterocycles. The molecule has 0 saturated heterocycles. The zero-order valence-corrected chi connectivity index (χ0v) is 10.5. The second-order valence-electron chi connectivity index (χ2n) is 3.47. The maximum atomic E-state index is 4.53. The van der Waals surface area contributed by atoms with Crippen molar-refractivity contribution in [3.05, 3.63) is 71.8 Å². The van der Waals surface area contributed by atoms with E-state index < -0.39 is 0 Å². The standard InChI is InChI=1S/C14H12NSe/c16-14(13-9-5-2-6-10-13)15-11-12-7-3-1-4-8-12/h1-10H,11H2. The molecule has 0 unspecified atom stereocenters. The van der Waals surface area contributed by atoms with Crippen LogP contribution < -0.4 is 0 Å². The van der Waals surface area contributed by atoms with Crippen molar-refractivity contribution in [2.24, 2.45) is 4.99 Å². The van der Waals surface area contributed by atoms with E-state index in [-0.39, 0.29) is 0 Å². The summed E-state index contributed by atoms with van der Waals surface area (Å²) in [5, 5.41) is 0. The van der Waals surface area contributed by atoms with Gasteiger partial charge in [0.2, 0.25) is 0 Å². The minimum atomic E-state index is 0.720. The Bertz CT molecular complexity index is 463. The van der Waals surface area contributed by atoms with Gasteiger partial charge in [0, 0.05) is 0 Å². The van der Waals surface area contributed by atoms with Gasteiger partial charge in [-0.15, -0.1) is 0 Å². The average Bonchev–Trinajstić information content (AvgIpc) is 2.38. The third-order valence-corrected chi connectivity index (χ3v) is 3.03. The fourth-order valence-electron chi connectivity index (χ4n) is 1.42. The van der Waals surface area contributed by atoms with Crippen LogP contribution in [0.2, 0.25) is 0 Å². The SMILES string of the molecule is [Se]C(=NCc1ccccc1)c1ccccc1. The van der Waals surface area contributed by atoms with Crippen LogP contribution in [-0.2, 0) is 6.54 Å². The quantitative estimate of drug-likeness (QED) is 0.602. The summed E-state index contributed by atoms with van der Waals surface area (Å²) < 4.78 is 0.962.